The Morgan fingerprint density at radius 1 is 1.14 bits per heavy atom. The third-order valence-corrected chi connectivity index (χ3v) is 6.87. The molecule has 3 rings (SSSR count). The van der Waals surface area contributed by atoms with Crippen LogP contribution in [0, 0.1) is 0 Å². The first-order chi connectivity index (χ1) is 13.2. The zero-order chi connectivity index (χ0) is 20.5. The fourth-order valence-corrected chi connectivity index (χ4v) is 4.22. The van der Waals surface area contributed by atoms with E-state index in [0.29, 0.717) is 10.6 Å². The van der Waals surface area contributed by atoms with Crippen molar-refractivity contribution in [3.8, 4) is 5.75 Å². The predicted octanol–water partition coefficient (Wildman–Crippen LogP) is 3.80. The van der Waals surface area contributed by atoms with Gasteiger partial charge in [-0.25, -0.2) is 8.42 Å². The molecule has 6 nitrogen and oxygen atoms in total. The molecule has 0 aliphatic rings. The monoisotopic (exact) mass is 418 g/mol. The molecule has 0 saturated heterocycles. The molecular formula is C20H22N2O4S2. The summed E-state index contributed by atoms with van der Waals surface area (Å²) in [5, 5.41) is 3.83. The van der Waals surface area contributed by atoms with Gasteiger partial charge < -0.3 is 10.1 Å². The molecule has 8 heteroatoms. The van der Waals surface area contributed by atoms with Crippen molar-refractivity contribution < 1.29 is 17.9 Å². The van der Waals surface area contributed by atoms with Crippen LogP contribution in [0.1, 0.15) is 28.2 Å². The summed E-state index contributed by atoms with van der Waals surface area (Å²) in [7, 11) is -0.218. The second-order valence-corrected chi connectivity index (χ2v) is 9.63. The molecule has 2 aromatic carbocycles. The first-order valence-corrected chi connectivity index (χ1v) is 11.3. The number of sulfonamides is 1. The quantitative estimate of drug-likeness (QED) is 0.661. The Balaban J connectivity index is 1.79. The van der Waals surface area contributed by atoms with Crippen LogP contribution in [-0.4, -0.2) is 34.7 Å². The largest absolute Gasteiger partial charge is 0.497 e. The van der Waals surface area contributed by atoms with E-state index in [1.165, 1.54) is 22.7 Å². The Kier molecular flexibility index (Phi) is 5.62. The van der Waals surface area contributed by atoms with Crippen LogP contribution in [0.3, 0.4) is 0 Å². The van der Waals surface area contributed by atoms with Crippen molar-refractivity contribution in [2.24, 2.45) is 0 Å². The third-order valence-electron chi connectivity index (χ3n) is 4.55. The van der Waals surface area contributed by atoms with Gasteiger partial charge >= 0.3 is 0 Å². The minimum Gasteiger partial charge on any atom is -0.497 e. The predicted molar refractivity (Wildman–Crippen MR) is 114 cm³/mol. The molecule has 28 heavy (non-hydrogen) atoms. The molecule has 0 fully saturated rings. The van der Waals surface area contributed by atoms with Crippen LogP contribution in [-0.2, 0) is 10.0 Å². The van der Waals surface area contributed by atoms with Gasteiger partial charge in [0.15, 0.2) is 0 Å². The molecule has 3 aromatic rings. The standard InChI is InChI=1S/C20H22N2O4S2/c1-13(14-5-8-17(26-3)9-6-14)21-20(23)19-12-15-11-16(7-10-18(15)27-19)22(2)28(4,24)25/h5-13H,1-4H3,(H,21,23). The van der Waals surface area contributed by atoms with Crippen LogP contribution < -0.4 is 14.4 Å². The van der Waals surface area contributed by atoms with E-state index in [2.05, 4.69) is 5.32 Å². The number of hydrogen-bond donors (Lipinski definition) is 1. The second kappa shape index (κ2) is 7.81. The number of benzene rings is 2. The zero-order valence-electron chi connectivity index (χ0n) is 16.1. The number of carbonyl (C=O) groups excluding carboxylic acids is 1. The lowest BCUT2D eigenvalue weighted by Gasteiger charge is -2.16. The van der Waals surface area contributed by atoms with Crippen LogP contribution in [0.2, 0.25) is 0 Å². The van der Waals surface area contributed by atoms with Crippen molar-refractivity contribution in [3.63, 3.8) is 0 Å². The van der Waals surface area contributed by atoms with Gasteiger partial charge in [0.05, 0.1) is 30.0 Å². The summed E-state index contributed by atoms with van der Waals surface area (Å²) in [6.07, 6.45) is 1.16. The summed E-state index contributed by atoms with van der Waals surface area (Å²) in [4.78, 5) is 13.2. The Labute approximate surface area is 168 Å². The van der Waals surface area contributed by atoms with E-state index in [1.807, 2.05) is 37.3 Å². The summed E-state index contributed by atoms with van der Waals surface area (Å²) in [5.41, 5.74) is 1.54. The lowest BCUT2D eigenvalue weighted by Crippen LogP contribution is -2.25. The van der Waals surface area contributed by atoms with Gasteiger partial charge in [-0.3, -0.25) is 9.10 Å². The average molecular weight is 419 g/mol. The number of thiophene rings is 1. The van der Waals surface area contributed by atoms with Gasteiger partial charge in [-0.15, -0.1) is 11.3 Å². The maximum absolute atomic E-state index is 12.7. The fourth-order valence-electron chi connectivity index (χ4n) is 2.77. The first kappa shape index (κ1) is 20.2. The molecule has 1 aromatic heterocycles. The van der Waals surface area contributed by atoms with Gasteiger partial charge in [0.25, 0.3) is 5.91 Å². The molecule has 1 heterocycles. The fraction of sp³-hybridized carbons (Fsp3) is 0.250. The van der Waals surface area contributed by atoms with E-state index in [9.17, 15) is 13.2 Å². The number of ether oxygens (including phenoxy) is 1. The summed E-state index contributed by atoms with van der Waals surface area (Å²) in [6.45, 7) is 1.92. The number of rotatable bonds is 6. The summed E-state index contributed by atoms with van der Waals surface area (Å²) in [5.74, 6) is 0.601. The van der Waals surface area contributed by atoms with E-state index in [0.717, 1.165) is 27.7 Å². The van der Waals surface area contributed by atoms with Gasteiger partial charge in [-0.05, 0) is 54.3 Å². The Morgan fingerprint density at radius 2 is 1.82 bits per heavy atom. The van der Waals surface area contributed by atoms with Crippen molar-refractivity contribution in [3.05, 3.63) is 59.0 Å². The van der Waals surface area contributed by atoms with Crippen molar-refractivity contribution >= 4 is 43.0 Å². The number of nitrogens with zero attached hydrogens (tertiary/aromatic N) is 1. The minimum absolute atomic E-state index is 0.157. The molecule has 1 amide bonds. The molecule has 0 saturated carbocycles. The highest BCUT2D eigenvalue weighted by Crippen LogP contribution is 2.30. The second-order valence-electron chi connectivity index (χ2n) is 6.53. The molecule has 148 valence electrons. The number of carbonyl (C=O) groups is 1. The Hall–Kier alpha value is -2.58. The number of nitrogens with one attached hydrogen (secondary N) is 1. The van der Waals surface area contributed by atoms with Crippen molar-refractivity contribution in [2.45, 2.75) is 13.0 Å². The third kappa shape index (κ3) is 4.28. The van der Waals surface area contributed by atoms with Gasteiger partial charge in [0.1, 0.15) is 5.75 Å². The smallest absolute Gasteiger partial charge is 0.261 e. The average Bonchev–Trinajstić information content (AvgIpc) is 3.10. The van der Waals surface area contributed by atoms with Gasteiger partial charge in [-0.2, -0.15) is 0 Å². The van der Waals surface area contributed by atoms with Gasteiger partial charge in [-0.1, -0.05) is 12.1 Å². The molecular weight excluding hydrogens is 396 g/mol. The van der Waals surface area contributed by atoms with Crippen LogP contribution in [0.5, 0.6) is 5.75 Å². The van der Waals surface area contributed by atoms with Crippen LogP contribution in [0.15, 0.2) is 48.5 Å². The number of fused-ring (bicyclic) bond motifs is 1. The van der Waals surface area contributed by atoms with E-state index in [4.69, 9.17) is 4.74 Å². The van der Waals surface area contributed by atoms with Gasteiger partial charge in [0, 0.05) is 11.7 Å². The normalized spacial score (nSPS) is 12.6. The van der Waals surface area contributed by atoms with Crippen molar-refractivity contribution in [1.82, 2.24) is 5.32 Å². The highest BCUT2D eigenvalue weighted by Gasteiger charge is 2.16. The van der Waals surface area contributed by atoms with Crippen LogP contribution >= 0.6 is 11.3 Å². The first-order valence-electron chi connectivity index (χ1n) is 8.61. The molecule has 0 bridgehead atoms. The minimum atomic E-state index is -3.34. The molecule has 1 N–H and O–H groups in total. The summed E-state index contributed by atoms with van der Waals surface area (Å²) >= 11 is 1.38. The van der Waals surface area contributed by atoms with Crippen molar-refractivity contribution in [2.75, 3.05) is 24.7 Å². The number of methoxy groups -OCH3 is 1. The van der Waals surface area contributed by atoms with Crippen molar-refractivity contribution in [1.29, 1.82) is 0 Å². The maximum atomic E-state index is 12.7. The highest BCUT2D eigenvalue weighted by atomic mass is 32.2. The molecule has 1 unspecified atom stereocenters. The molecule has 1 atom stereocenters. The van der Waals surface area contributed by atoms with E-state index in [-0.39, 0.29) is 11.9 Å². The maximum Gasteiger partial charge on any atom is 0.261 e. The van der Waals surface area contributed by atoms with Crippen LogP contribution in [0.25, 0.3) is 10.1 Å². The van der Waals surface area contributed by atoms with E-state index < -0.39 is 10.0 Å². The molecule has 0 spiro atoms. The molecule has 0 aliphatic carbocycles. The van der Waals surface area contributed by atoms with Gasteiger partial charge in [0.2, 0.25) is 10.0 Å². The van der Waals surface area contributed by atoms with E-state index >= 15 is 0 Å². The number of amides is 1. The lowest BCUT2D eigenvalue weighted by molar-refractivity contribution is 0.0944. The molecule has 0 radical (unpaired) electrons. The van der Waals surface area contributed by atoms with Crippen LogP contribution in [0.4, 0.5) is 5.69 Å². The zero-order valence-corrected chi connectivity index (χ0v) is 17.7. The SMILES string of the molecule is COc1ccc(C(C)NC(=O)c2cc3cc(N(C)S(C)(=O)=O)ccc3s2)cc1. The summed E-state index contributed by atoms with van der Waals surface area (Å²) in [6, 6.07) is 14.5. The highest BCUT2D eigenvalue weighted by molar-refractivity contribution is 7.92. The Morgan fingerprint density at radius 3 is 2.43 bits per heavy atom. The number of hydrogen-bond acceptors (Lipinski definition) is 5. The lowest BCUT2D eigenvalue weighted by atomic mass is 10.1. The van der Waals surface area contributed by atoms with E-state index in [1.54, 1.807) is 25.3 Å². The molecule has 0 aliphatic heterocycles. The Bertz CT molecular complexity index is 1100. The topological polar surface area (TPSA) is 75.7 Å². The summed E-state index contributed by atoms with van der Waals surface area (Å²) < 4.78 is 30.8. The number of anilines is 1.